The van der Waals surface area contributed by atoms with Crippen LogP contribution in [-0.4, -0.2) is 34.0 Å². The minimum atomic E-state index is -0.478. The Morgan fingerprint density at radius 1 is 1.30 bits per heavy atom. The lowest BCUT2D eigenvalue weighted by Crippen LogP contribution is -2.26. The van der Waals surface area contributed by atoms with Crippen LogP contribution in [0, 0.1) is 0 Å². The summed E-state index contributed by atoms with van der Waals surface area (Å²) in [5, 5.41) is 6.28. The molecule has 2 amide bonds. The molecular weight excluding hydrogens is 258 g/mol. The molecule has 7 nitrogen and oxygen atoms in total. The van der Waals surface area contributed by atoms with Gasteiger partial charge in [0.2, 0.25) is 5.91 Å². The number of H-pyrrole nitrogens is 1. The van der Waals surface area contributed by atoms with E-state index >= 15 is 0 Å². The fourth-order valence-corrected chi connectivity index (χ4v) is 1.77. The molecule has 0 bridgehead atoms. The summed E-state index contributed by atoms with van der Waals surface area (Å²) in [5.74, 6) is -0.422. The minimum Gasteiger partial charge on any atom is -0.382 e. The lowest BCUT2D eigenvalue weighted by Gasteiger charge is -2.16. The van der Waals surface area contributed by atoms with Gasteiger partial charge in [-0.1, -0.05) is 12.1 Å². The van der Waals surface area contributed by atoms with E-state index in [1.807, 2.05) is 0 Å². The molecule has 0 atom stereocenters. The van der Waals surface area contributed by atoms with Crippen LogP contribution in [0.25, 0.3) is 0 Å². The van der Waals surface area contributed by atoms with Gasteiger partial charge in [0, 0.05) is 25.2 Å². The maximum absolute atomic E-state index is 12.1. The van der Waals surface area contributed by atoms with Crippen LogP contribution in [0.3, 0.4) is 0 Å². The number of rotatable bonds is 4. The Morgan fingerprint density at radius 3 is 2.45 bits per heavy atom. The largest absolute Gasteiger partial charge is 0.382 e. The predicted octanol–water partition coefficient (Wildman–Crippen LogP) is 0.363. The summed E-state index contributed by atoms with van der Waals surface area (Å²) in [6.45, 7) is 0.400. The van der Waals surface area contributed by atoms with Crippen LogP contribution in [0.4, 0.5) is 5.82 Å². The monoisotopic (exact) mass is 273 g/mol. The molecule has 0 aliphatic rings. The molecule has 20 heavy (non-hydrogen) atoms. The molecule has 104 valence electrons. The van der Waals surface area contributed by atoms with Gasteiger partial charge in [-0.2, -0.15) is 5.10 Å². The standard InChI is InChI=1S/C13H15N5O2/c1-18(13(20)10-6-11(14)17-16-10)7-8-2-4-9(5-3-8)12(15)19/h2-6H,7H2,1H3,(H2,15,19)(H3,14,16,17). The smallest absolute Gasteiger partial charge is 0.271 e. The van der Waals surface area contributed by atoms with Gasteiger partial charge in [-0.05, 0) is 17.7 Å². The number of benzene rings is 1. The lowest BCUT2D eigenvalue weighted by atomic mass is 10.1. The molecule has 0 saturated heterocycles. The van der Waals surface area contributed by atoms with Crippen molar-refractivity contribution >= 4 is 17.6 Å². The van der Waals surface area contributed by atoms with Gasteiger partial charge in [0.1, 0.15) is 11.5 Å². The van der Waals surface area contributed by atoms with Crippen LogP contribution in [0.1, 0.15) is 26.4 Å². The predicted molar refractivity (Wildman–Crippen MR) is 73.8 cm³/mol. The molecule has 2 rings (SSSR count). The third-order valence-electron chi connectivity index (χ3n) is 2.83. The van der Waals surface area contributed by atoms with Crippen LogP contribution < -0.4 is 11.5 Å². The zero-order valence-corrected chi connectivity index (χ0v) is 11.0. The van der Waals surface area contributed by atoms with Crippen molar-refractivity contribution in [2.24, 2.45) is 5.73 Å². The first-order valence-corrected chi connectivity index (χ1v) is 5.92. The normalized spacial score (nSPS) is 10.2. The number of aromatic amines is 1. The number of nitrogens with zero attached hydrogens (tertiary/aromatic N) is 2. The summed E-state index contributed by atoms with van der Waals surface area (Å²) in [7, 11) is 1.67. The number of nitrogens with one attached hydrogen (secondary N) is 1. The second-order valence-corrected chi connectivity index (χ2v) is 4.43. The van der Waals surface area contributed by atoms with Gasteiger partial charge in [0.15, 0.2) is 0 Å². The number of primary amides is 1. The van der Waals surface area contributed by atoms with Gasteiger partial charge >= 0.3 is 0 Å². The second-order valence-electron chi connectivity index (χ2n) is 4.43. The average molecular weight is 273 g/mol. The van der Waals surface area contributed by atoms with Crippen LogP contribution in [0.15, 0.2) is 30.3 Å². The van der Waals surface area contributed by atoms with Crippen LogP contribution >= 0.6 is 0 Å². The van der Waals surface area contributed by atoms with Crippen molar-refractivity contribution in [1.82, 2.24) is 15.1 Å². The summed E-state index contributed by atoms with van der Waals surface area (Å²) in [5.41, 5.74) is 12.3. The number of nitrogens with two attached hydrogens (primary N) is 2. The Hall–Kier alpha value is -2.83. The van der Waals surface area contributed by atoms with Crippen molar-refractivity contribution in [3.63, 3.8) is 0 Å². The number of aromatic nitrogens is 2. The average Bonchev–Trinajstić information content (AvgIpc) is 2.85. The van der Waals surface area contributed by atoms with Crippen molar-refractivity contribution in [1.29, 1.82) is 0 Å². The van der Waals surface area contributed by atoms with Gasteiger partial charge in [-0.3, -0.25) is 14.7 Å². The van der Waals surface area contributed by atoms with Gasteiger partial charge in [-0.15, -0.1) is 0 Å². The van der Waals surface area contributed by atoms with Gasteiger partial charge in [-0.25, -0.2) is 0 Å². The SMILES string of the molecule is CN(Cc1ccc(C(N)=O)cc1)C(=O)c1cc(N)n[nH]1. The third kappa shape index (κ3) is 2.94. The van der Waals surface area contributed by atoms with E-state index in [0.29, 0.717) is 17.8 Å². The molecular formula is C13H15N5O2. The van der Waals surface area contributed by atoms with Crippen LogP contribution in [0.5, 0.6) is 0 Å². The molecule has 0 unspecified atom stereocenters. The van der Waals surface area contributed by atoms with E-state index in [4.69, 9.17) is 11.5 Å². The van der Waals surface area contributed by atoms with Crippen molar-refractivity contribution in [3.05, 3.63) is 47.2 Å². The summed E-state index contributed by atoms with van der Waals surface area (Å²) in [6, 6.07) is 8.25. The number of amides is 2. The van der Waals surface area contributed by atoms with E-state index in [1.165, 1.54) is 11.0 Å². The van der Waals surface area contributed by atoms with Crippen LogP contribution in [-0.2, 0) is 6.54 Å². The van der Waals surface area contributed by atoms with Gasteiger partial charge in [0.05, 0.1) is 0 Å². The Bertz CT molecular complexity index is 632. The minimum absolute atomic E-state index is 0.215. The quantitative estimate of drug-likeness (QED) is 0.745. The maximum atomic E-state index is 12.1. The van der Waals surface area contributed by atoms with Crippen LogP contribution in [0.2, 0.25) is 0 Å². The Balaban J connectivity index is 2.05. The molecule has 0 saturated carbocycles. The number of hydrogen-bond acceptors (Lipinski definition) is 4. The number of hydrogen-bond donors (Lipinski definition) is 3. The van der Waals surface area contributed by atoms with E-state index in [1.54, 1.807) is 31.3 Å². The Kier molecular flexibility index (Phi) is 3.69. The molecule has 1 aromatic carbocycles. The number of carbonyl (C=O) groups is 2. The highest BCUT2D eigenvalue weighted by Gasteiger charge is 2.14. The summed E-state index contributed by atoms with van der Waals surface area (Å²) in [4.78, 5) is 24.5. The zero-order chi connectivity index (χ0) is 14.7. The third-order valence-corrected chi connectivity index (χ3v) is 2.83. The molecule has 0 aliphatic heterocycles. The highest BCUT2D eigenvalue weighted by Crippen LogP contribution is 2.09. The number of anilines is 1. The van der Waals surface area contributed by atoms with E-state index < -0.39 is 5.91 Å². The summed E-state index contributed by atoms with van der Waals surface area (Å²) < 4.78 is 0. The number of nitrogen functional groups attached to an aromatic ring is 1. The van der Waals surface area contributed by atoms with E-state index in [9.17, 15) is 9.59 Å². The highest BCUT2D eigenvalue weighted by molar-refractivity contribution is 5.93. The first-order valence-electron chi connectivity index (χ1n) is 5.92. The van der Waals surface area contributed by atoms with Crippen molar-refractivity contribution in [2.75, 3.05) is 12.8 Å². The molecule has 0 spiro atoms. The van der Waals surface area contributed by atoms with Crippen molar-refractivity contribution in [3.8, 4) is 0 Å². The highest BCUT2D eigenvalue weighted by atomic mass is 16.2. The topological polar surface area (TPSA) is 118 Å². The van der Waals surface area contributed by atoms with Crippen molar-refractivity contribution in [2.45, 2.75) is 6.54 Å². The van der Waals surface area contributed by atoms with Crippen molar-refractivity contribution < 1.29 is 9.59 Å². The van der Waals surface area contributed by atoms with Gasteiger partial charge in [0.25, 0.3) is 5.91 Å². The number of carbonyl (C=O) groups excluding carboxylic acids is 2. The van der Waals surface area contributed by atoms with E-state index in [-0.39, 0.29) is 11.7 Å². The fraction of sp³-hybridized carbons (Fsp3) is 0.154. The molecule has 7 heteroatoms. The molecule has 0 aliphatic carbocycles. The Labute approximate surface area is 115 Å². The zero-order valence-electron chi connectivity index (χ0n) is 11.0. The fourth-order valence-electron chi connectivity index (χ4n) is 1.77. The first kappa shape index (κ1) is 13.6. The second kappa shape index (κ2) is 5.43. The molecule has 0 fully saturated rings. The summed E-state index contributed by atoms with van der Waals surface area (Å²) >= 11 is 0. The Morgan fingerprint density at radius 2 is 1.95 bits per heavy atom. The molecule has 1 aromatic heterocycles. The molecule has 5 N–H and O–H groups in total. The summed E-state index contributed by atoms with van der Waals surface area (Å²) in [6.07, 6.45) is 0. The first-order chi connectivity index (χ1) is 9.47. The lowest BCUT2D eigenvalue weighted by molar-refractivity contribution is 0.0779. The molecule has 2 aromatic rings. The molecule has 1 heterocycles. The van der Waals surface area contributed by atoms with Gasteiger partial charge < -0.3 is 16.4 Å². The van der Waals surface area contributed by atoms with E-state index in [0.717, 1.165) is 5.56 Å². The molecule has 0 radical (unpaired) electrons. The van der Waals surface area contributed by atoms with E-state index in [2.05, 4.69) is 10.2 Å². The maximum Gasteiger partial charge on any atom is 0.271 e.